The van der Waals surface area contributed by atoms with Crippen LogP contribution in [0.2, 0.25) is 5.02 Å². The molecule has 0 saturated carbocycles. The number of hydrogen-bond donors (Lipinski definition) is 0. The number of carbonyl (C=O) groups is 1. The first-order chi connectivity index (χ1) is 14.1. The molecule has 4 aromatic rings. The molecular formula is C22H18ClN5O. The van der Waals surface area contributed by atoms with Crippen LogP contribution in [0.4, 0.5) is 5.69 Å². The van der Waals surface area contributed by atoms with E-state index in [1.807, 2.05) is 30.3 Å². The van der Waals surface area contributed by atoms with Crippen molar-refractivity contribution in [3.63, 3.8) is 0 Å². The second-order valence-electron chi connectivity index (χ2n) is 7.00. The van der Waals surface area contributed by atoms with Crippen LogP contribution >= 0.6 is 11.6 Å². The van der Waals surface area contributed by atoms with Gasteiger partial charge >= 0.3 is 0 Å². The number of amides is 1. The normalized spacial score (nSPS) is 13.6. The van der Waals surface area contributed by atoms with Gasteiger partial charge in [0, 0.05) is 37.7 Å². The molecule has 0 atom stereocenters. The van der Waals surface area contributed by atoms with Gasteiger partial charge in [-0.1, -0.05) is 29.8 Å². The lowest BCUT2D eigenvalue weighted by Gasteiger charge is -2.39. The third-order valence-corrected chi connectivity index (χ3v) is 5.49. The highest BCUT2D eigenvalue weighted by molar-refractivity contribution is 6.30. The summed E-state index contributed by atoms with van der Waals surface area (Å²) in [6.07, 6.45) is 6.04. The van der Waals surface area contributed by atoms with Crippen molar-refractivity contribution < 1.29 is 4.79 Å². The number of nitrogens with zero attached hydrogens (tertiary/aromatic N) is 5. The number of para-hydroxylation sites is 1. The number of anilines is 1. The number of carbonyl (C=O) groups excluding carboxylic acids is 1. The predicted octanol–water partition coefficient (Wildman–Crippen LogP) is 4.10. The summed E-state index contributed by atoms with van der Waals surface area (Å²) in [6.45, 7) is 0.594. The Morgan fingerprint density at radius 2 is 1.93 bits per heavy atom. The van der Waals surface area contributed by atoms with Crippen molar-refractivity contribution in [3.05, 3.63) is 83.4 Å². The minimum Gasteiger partial charge on any atom is -0.285 e. The molecule has 0 aliphatic carbocycles. The number of hydrogen-bond acceptors (Lipinski definition) is 4. The Morgan fingerprint density at radius 3 is 2.76 bits per heavy atom. The van der Waals surface area contributed by atoms with Crippen LogP contribution in [-0.2, 0) is 6.42 Å². The summed E-state index contributed by atoms with van der Waals surface area (Å²) < 4.78 is 1.63. The van der Waals surface area contributed by atoms with Gasteiger partial charge in [-0.15, -0.1) is 0 Å². The lowest BCUT2D eigenvalue weighted by Crippen LogP contribution is -2.48. The van der Waals surface area contributed by atoms with Crippen molar-refractivity contribution in [3.8, 4) is 11.1 Å². The predicted molar refractivity (Wildman–Crippen MR) is 113 cm³/mol. The van der Waals surface area contributed by atoms with Crippen LogP contribution in [0.1, 0.15) is 16.1 Å². The maximum absolute atomic E-state index is 13.3. The van der Waals surface area contributed by atoms with Crippen LogP contribution in [0.15, 0.2) is 67.1 Å². The third kappa shape index (κ3) is 3.02. The van der Waals surface area contributed by atoms with E-state index in [-0.39, 0.29) is 5.91 Å². The first-order valence-electron chi connectivity index (χ1n) is 9.34. The van der Waals surface area contributed by atoms with Gasteiger partial charge in [0.05, 0.1) is 16.2 Å². The van der Waals surface area contributed by atoms with E-state index < -0.39 is 0 Å². The molecule has 0 fully saturated rings. The highest BCUT2D eigenvalue weighted by Crippen LogP contribution is 2.37. The van der Waals surface area contributed by atoms with Gasteiger partial charge in [0.2, 0.25) is 0 Å². The van der Waals surface area contributed by atoms with Crippen molar-refractivity contribution in [1.82, 2.24) is 19.6 Å². The molecule has 1 aliphatic heterocycles. The van der Waals surface area contributed by atoms with Crippen molar-refractivity contribution in [2.24, 2.45) is 0 Å². The fourth-order valence-corrected chi connectivity index (χ4v) is 4.03. The summed E-state index contributed by atoms with van der Waals surface area (Å²) in [5, 5.41) is 8.69. The van der Waals surface area contributed by atoms with E-state index in [0.717, 1.165) is 28.8 Å². The number of benzene rings is 1. The van der Waals surface area contributed by atoms with Gasteiger partial charge in [0.1, 0.15) is 0 Å². The monoisotopic (exact) mass is 403 g/mol. The van der Waals surface area contributed by atoms with Gasteiger partial charge in [-0.2, -0.15) is 5.10 Å². The van der Waals surface area contributed by atoms with Gasteiger partial charge in [0.25, 0.3) is 5.91 Å². The molecule has 0 spiro atoms. The lowest BCUT2D eigenvalue weighted by atomic mass is 9.97. The molecule has 4 heterocycles. The van der Waals surface area contributed by atoms with Gasteiger partial charge in [-0.3, -0.25) is 14.8 Å². The number of hydrazine groups is 1. The van der Waals surface area contributed by atoms with E-state index in [1.54, 1.807) is 40.2 Å². The number of rotatable bonds is 2. The number of aromatic nitrogens is 3. The van der Waals surface area contributed by atoms with Crippen LogP contribution in [0.25, 0.3) is 16.6 Å². The zero-order valence-corrected chi connectivity index (χ0v) is 16.5. The summed E-state index contributed by atoms with van der Waals surface area (Å²) in [4.78, 5) is 17.4. The van der Waals surface area contributed by atoms with E-state index in [1.165, 1.54) is 5.56 Å². The fourth-order valence-electron chi connectivity index (χ4n) is 3.87. The molecule has 3 aromatic heterocycles. The van der Waals surface area contributed by atoms with Gasteiger partial charge in [-0.05, 0) is 47.9 Å². The average molecular weight is 404 g/mol. The van der Waals surface area contributed by atoms with Crippen LogP contribution in [-0.4, -0.2) is 39.1 Å². The summed E-state index contributed by atoms with van der Waals surface area (Å²) in [5.41, 5.74) is 5.61. The molecule has 0 radical (unpaired) electrons. The largest absolute Gasteiger partial charge is 0.292 e. The van der Waals surface area contributed by atoms with Crippen molar-refractivity contribution in [1.29, 1.82) is 0 Å². The quantitative estimate of drug-likeness (QED) is 0.505. The summed E-state index contributed by atoms with van der Waals surface area (Å²) in [6, 6.07) is 15.6. The van der Waals surface area contributed by atoms with Crippen LogP contribution < -0.4 is 5.01 Å². The third-order valence-electron chi connectivity index (χ3n) is 5.27. The van der Waals surface area contributed by atoms with Gasteiger partial charge in [-0.25, -0.2) is 9.52 Å². The summed E-state index contributed by atoms with van der Waals surface area (Å²) >= 11 is 6.04. The topological polar surface area (TPSA) is 53.7 Å². The van der Waals surface area contributed by atoms with Crippen molar-refractivity contribution in [2.75, 3.05) is 18.6 Å². The average Bonchev–Trinajstić information content (AvgIpc) is 3.17. The molecule has 7 heteroatoms. The zero-order chi connectivity index (χ0) is 20.0. The number of pyridine rings is 2. The van der Waals surface area contributed by atoms with E-state index in [9.17, 15) is 4.79 Å². The Labute approximate surface area is 172 Å². The number of halogens is 1. The maximum Gasteiger partial charge on any atom is 0.292 e. The van der Waals surface area contributed by atoms with Gasteiger partial charge < -0.3 is 0 Å². The second kappa shape index (κ2) is 6.90. The molecule has 1 aromatic carbocycles. The highest BCUT2D eigenvalue weighted by atomic mass is 35.5. The van der Waals surface area contributed by atoms with Crippen molar-refractivity contribution in [2.45, 2.75) is 6.42 Å². The first kappa shape index (κ1) is 17.7. The first-order valence-corrected chi connectivity index (χ1v) is 9.72. The molecule has 1 aliphatic rings. The molecule has 5 rings (SSSR count). The fraction of sp³-hybridized carbons (Fsp3) is 0.136. The highest BCUT2D eigenvalue weighted by Gasteiger charge is 2.29. The molecule has 0 saturated heterocycles. The maximum atomic E-state index is 13.3. The molecular weight excluding hydrogens is 386 g/mol. The Morgan fingerprint density at radius 1 is 1.10 bits per heavy atom. The molecule has 0 bridgehead atoms. The molecule has 6 nitrogen and oxygen atoms in total. The molecule has 1 amide bonds. The minimum absolute atomic E-state index is 0.137. The Balaban J connectivity index is 1.53. The van der Waals surface area contributed by atoms with Crippen molar-refractivity contribution >= 4 is 28.7 Å². The van der Waals surface area contributed by atoms with Crippen LogP contribution in [0, 0.1) is 0 Å². The van der Waals surface area contributed by atoms with Crippen LogP contribution in [0.5, 0.6) is 0 Å². The molecule has 144 valence electrons. The van der Waals surface area contributed by atoms with E-state index >= 15 is 0 Å². The van der Waals surface area contributed by atoms with E-state index in [4.69, 9.17) is 11.6 Å². The number of fused-ring (bicyclic) bond motifs is 2. The smallest absolute Gasteiger partial charge is 0.285 e. The SMILES string of the molecule is CN1c2c(cccc2-c2ccncc2)CCN1C(=O)c1cc2ccc(Cl)cn2n1. The standard InChI is InChI=1S/C22H18ClN5O/c1-26-21-16(3-2-4-19(21)15-7-10-24-11-8-15)9-12-28(26)22(29)20-13-18-6-5-17(23)14-27(18)25-20/h2-8,10-11,13-14H,9,12H2,1H3. The zero-order valence-electron chi connectivity index (χ0n) is 15.8. The minimum atomic E-state index is -0.137. The lowest BCUT2D eigenvalue weighted by molar-refractivity contribution is 0.0732. The Hall–Kier alpha value is -3.38. The Bertz CT molecular complexity index is 1220. The van der Waals surface area contributed by atoms with Crippen LogP contribution in [0.3, 0.4) is 0 Å². The van der Waals surface area contributed by atoms with E-state index in [2.05, 4.69) is 28.3 Å². The Kier molecular flexibility index (Phi) is 4.21. The van der Waals surface area contributed by atoms with Gasteiger partial charge in [0.15, 0.2) is 5.69 Å². The molecule has 0 unspecified atom stereocenters. The second-order valence-corrected chi connectivity index (χ2v) is 7.43. The molecule has 0 N–H and O–H groups in total. The molecule has 29 heavy (non-hydrogen) atoms. The summed E-state index contributed by atoms with van der Waals surface area (Å²) in [5.74, 6) is -0.137. The summed E-state index contributed by atoms with van der Waals surface area (Å²) in [7, 11) is 1.92. The van der Waals surface area contributed by atoms with E-state index in [0.29, 0.717) is 17.3 Å².